The van der Waals surface area contributed by atoms with Crippen molar-refractivity contribution in [3.05, 3.63) is 99.3 Å². The molecule has 4 rings (SSSR count). The number of anilines is 1. The number of pyridine rings is 1. The van der Waals surface area contributed by atoms with Gasteiger partial charge in [0, 0.05) is 22.5 Å². The van der Waals surface area contributed by atoms with Gasteiger partial charge in [-0.3, -0.25) is 14.4 Å². The number of halogens is 1. The molecule has 0 aliphatic rings. The third-order valence-electron chi connectivity index (χ3n) is 5.40. The molecule has 1 amide bonds. The number of rotatable bonds is 8. The second kappa shape index (κ2) is 10.4. The Morgan fingerprint density at radius 2 is 1.66 bits per heavy atom. The van der Waals surface area contributed by atoms with Crippen LogP contribution in [0.15, 0.2) is 77.7 Å². The van der Waals surface area contributed by atoms with Crippen LogP contribution in [0.4, 0.5) is 5.69 Å². The zero-order valence-corrected chi connectivity index (χ0v) is 20.0. The van der Waals surface area contributed by atoms with E-state index in [0.29, 0.717) is 39.9 Å². The number of nitrogens with one attached hydrogen (secondary N) is 1. The van der Waals surface area contributed by atoms with Gasteiger partial charge in [-0.15, -0.1) is 0 Å². The van der Waals surface area contributed by atoms with Crippen LogP contribution in [0.5, 0.6) is 11.5 Å². The van der Waals surface area contributed by atoms with Gasteiger partial charge in [0.25, 0.3) is 0 Å². The molecule has 4 aromatic rings. The Kier molecular flexibility index (Phi) is 7.17. The van der Waals surface area contributed by atoms with E-state index in [1.165, 1.54) is 13.3 Å². The van der Waals surface area contributed by atoms with Gasteiger partial charge >= 0.3 is 0 Å². The number of benzene rings is 3. The molecule has 178 valence electrons. The van der Waals surface area contributed by atoms with Crippen molar-refractivity contribution in [2.75, 3.05) is 19.0 Å². The van der Waals surface area contributed by atoms with Gasteiger partial charge in [-0.1, -0.05) is 11.6 Å². The highest BCUT2D eigenvalue weighted by Crippen LogP contribution is 2.21. The van der Waals surface area contributed by atoms with Crippen LogP contribution in [-0.4, -0.2) is 30.0 Å². The minimum absolute atomic E-state index is 0.0470. The molecule has 0 saturated heterocycles. The molecule has 0 saturated carbocycles. The average Bonchev–Trinajstić information content (AvgIpc) is 2.87. The molecule has 35 heavy (non-hydrogen) atoms. The highest BCUT2D eigenvalue weighted by atomic mass is 35.5. The van der Waals surface area contributed by atoms with E-state index in [2.05, 4.69) is 5.32 Å². The summed E-state index contributed by atoms with van der Waals surface area (Å²) in [5, 5.41) is 3.63. The fourth-order valence-electron chi connectivity index (χ4n) is 3.71. The predicted molar refractivity (Wildman–Crippen MR) is 136 cm³/mol. The number of fused-ring (bicyclic) bond motifs is 1. The lowest BCUT2D eigenvalue weighted by Crippen LogP contribution is -2.24. The van der Waals surface area contributed by atoms with Crippen molar-refractivity contribution in [1.29, 1.82) is 0 Å². The second-order valence-corrected chi connectivity index (χ2v) is 8.16. The molecule has 1 N–H and O–H groups in total. The summed E-state index contributed by atoms with van der Waals surface area (Å²) in [5.41, 5.74) is 0.939. The molecule has 1 aromatic heterocycles. The van der Waals surface area contributed by atoms with Gasteiger partial charge in [0.1, 0.15) is 18.0 Å². The average molecular weight is 491 g/mol. The number of ether oxygens (including phenoxy) is 2. The van der Waals surface area contributed by atoms with Crippen LogP contribution in [0.2, 0.25) is 5.02 Å². The maximum atomic E-state index is 13.3. The summed E-state index contributed by atoms with van der Waals surface area (Å²) < 4.78 is 12.3. The van der Waals surface area contributed by atoms with E-state index in [1.54, 1.807) is 71.3 Å². The normalized spacial score (nSPS) is 10.7. The van der Waals surface area contributed by atoms with Crippen LogP contribution < -0.4 is 20.2 Å². The molecule has 0 atom stereocenters. The Bertz CT molecular complexity index is 1440. The van der Waals surface area contributed by atoms with E-state index < -0.39 is 11.2 Å². The van der Waals surface area contributed by atoms with Gasteiger partial charge in [0.15, 0.2) is 5.78 Å². The quantitative estimate of drug-likeness (QED) is 0.354. The van der Waals surface area contributed by atoms with E-state index in [0.717, 1.165) is 0 Å². The fourth-order valence-corrected chi connectivity index (χ4v) is 3.84. The van der Waals surface area contributed by atoms with Gasteiger partial charge in [-0.05, 0) is 73.7 Å². The van der Waals surface area contributed by atoms with Gasteiger partial charge < -0.3 is 19.4 Å². The summed E-state index contributed by atoms with van der Waals surface area (Å²) in [7, 11) is 1.49. The second-order valence-electron chi connectivity index (χ2n) is 7.72. The van der Waals surface area contributed by atoms with Crippen LogP contribution in [0.1, 0.15) is 22.8 Å². The lowest BCUT2D eigenvalue weighted by atomic mass is 10.0. The molecule has 0 spiro atoms. The van der Waals surface area contributed by atoms with E-state index in [9.17, 15) is 14.4 Å². The number of carbonyl (C=O) groups excluding carboxylic acids is 2. The molecule has 8 heteroatoms. The minimum Gasteiger partial charge on any atom is -0.497 e. The lowest BCUT2D eigenvalue weighted by Gasteiger charge is -2.14. The highest BCUT2D eigenvalue weighted by molar-refractivity contribution is 6.30. The number of carbonyl (C=O) groups is 2. The number of ketones is 1. The van der Waals surface area contributed by atoms with Gasteiger partial charge in [-0.25, -0.2) is 0 Å². The summed E-state index contributed by atoms with van der Waals surface area (Å²) >= 11 is 5.91. The van der Waals surface area contributed by atoms with E-state index in [1.807, 2.05) is 6.92 Å². The zero-order chi connectivity index (χ0) is 24.9. The molecule has 1 heterocycles. The van der Waals surface area contributed by atoms with Gasteiger partial charge in [-0.2, -0.15) is 0 Å². The van der Waals surface area contributed by atoms with Gasteiger partial charge in [0.05, 0.1) is 30.2 Å². The zero-order valence-electron chi connectivity index (χ0n) is 19.2. The number of hydrogen-bond donors (Lipinski definition) is 1. The van der Waals surface area contributed by atoms with E-state index in [-0.39, 0.29) is 23.4 Å². The first-order valence-electron chi connectivity index (χ1n) is 10.9. The summed E-state index contributed by atoms with van der Waals surface area (Å²) in [6, 6.07) is 18.3. The highest BCUT2D eigenvalue weighted by Gasteiger charge is 2.19. The third-order valence-corrected chi connectivity index (χ3v) is 5.65. The first kappa shape index (κ1) is 24.0. The van der Waals surface area contributed by atoms with E-state index >= 15 is 0 Å². The monoisotopic (exact) mass is 490 g/mol. The smallest absolute Gasteiger partial charge is 0.244 e. The summed E-state index contributed by atoms with van der Waals surface area (Å²) in [6.07, 6.45) is 1.43. The van der Waals surface area contributed by atoms with Crippen molar-refractivity contribution in [2.24, 2.45) is 0 Å². The molecule has 0 fully saturated rings. The molecular weight excluding hydrogens is 468 g/mol. The third kappa shape index (κ3) is 5.36. The molecular formula is C27H23ClN2O5. The number of nitrogens with zero attached hydrogens (tertiary/aromatic N) is 1. The molecule has 3 aromatic carbocycles. The SMILES string of the molecule is CCOc1ccc(C(=O)c2cn(CC(=O)Nc3ccc(Cl)cc3)c3ccc(OC)cc3c2=O)cc1. The lowest BCUT2D eigenvalue weighted by molar-refractivity contribution is -0.116. The molecule has 0 aliphatic carbocycles. The molecule has 7 nitrogen and oxygen atoms in total. The predicted octanol–water partition coefficient (Wildman–Crippen LogP) is 4.93. The van der Waals surface area contributed by atoms with Crippen molar-refractivity contribution in [2.45, 2.75) is 13.5 Å². The van der Waals surface area contributed by atoms with Crippen molar-refractivity contribution in [3.8, 4) is 11.5 Å². The van der Waals surface area contributed by atoms with Crippen LogP contribution in [0.3, 0.4) is 0 Å². The number of amides is 1. The summed E-state index contributed by atoms with van der Waals surface area (Å²) in [6.45, 7) is 2.26. The summed E-state index contributed by atoms with van der Waals surface area (Å²) in [4.78, 5) is 39.4. The van der Waals surface area contributed by atoms with Crippen LogP contribution >= 0.6 is 11.6 Å². The first-order chi connectivity index (χ1) is 16.9. The van der Waals surface area contributed by atoms with Crippen molar-refractivity contribution in [3.63, 3.8) is 0 Å². The molecule has 0 aliphatic heterocycles. The van der Waals surface area contributed by atoms with Crippen molar-refractivity contribution < 1.29 is 19.1 Å². The summed E-state index contributed by atoms with van der Waals surface area (Å²) in [5.74, 6) is 0.322. The van der Waals surface area contributed by atoms with Crippen molar-refractivity contribution in [1.82, 2.24) is 4.57 Å². The molecule has 0 bridgehead atoms. The van der Waals surface area contributed by atoms with E-state index in [4.69, 9.17) is 21.1 Å². The maximum Gasteiger partial charge on any atom is 0.244 e. The van der Waals surface area contributed by atoms with Crippen LogP contribution in [0.25, 0.3) is 10.9 Å². The Morgan fingerprint density at radius 1 is 0.971 bits per heavy atom. The Hall–Kier alpha value is -4.10. The maximum absolute atomic E-state index is 13.3. The topological polar surface area (TPSA) is 86.6 Å². The van der Waals surface area contributed by atoms with Crippen LogP contribution in [0, 0.1) is 0 Å². The minimum atomic E-state index is -0.449. The Balaban J connectivity index is 1.74. The van der Waals surface area contributed by atoms with Crippen molar-refractivity contribution >= 4 is 39.9 Å². The number of methoxy groups -OCH3 is 1. The number of aromatic nitrogens is 1. The fraction of sp³-hybridized carbons (Fsp3) is 0.148. The van der Waals surface area contributed by atoms with Crippen LogP contribution in [-0.2, 0) is 11.3 Å². The largest absolute Gasteiger partial charge is 0.497 e. The standard InChI is InChI=1S/C27H23ClN2O5/c1-3-35-20-10-4-17(5-11-20)26(32)23-15-30(16-25(31)29-19-8-6-18(28)7-9-19)24-13-12-21(34-2)14-22(24)27(23)33/h4-15H,3,16H2,1-2H3,(H,29,31). The Morgan fingerprint density at radius 3 is 2.31 bits per heavy atom. The molecule has 0 radical (unpaired) electrons. The molecule has 0 unspecified atom stereocenters. The van der Waals surface area contributed by atoms with Gasteiger partial charge in [0.2, 0.25) is 11.3 Å². The first-order valence-corrected chi connectivity index (χ1v) is 11.3. The number of hydrogen-bond acceptors (Lipinski definition) is 5. The Labute approximate surface area is 206 Å².